The molecule has 0 radical (unpaired) electrons. The van der Waals surface area contributed by atoms with Crippen LogP contribution in [-0.2, 0) is 0 Å². The van der Waals surface area contributed by atoms with Crippen LogP contribution in [0, 0.1) is 0 Å². The van der Waals surface area contributed by atoms with E-state index in [1.807, 2.05) is 60.9 Å². The van der Waals surface area contributed by atoms with Crippen LogP contribution in [-0.4, -0.2) is 19.9 Å². The van der Waals surface area contributed by atoms with Gasteiger partial charge in [0.1, 0.15) is 0 Å². The summed E-state index contributed by atoms with van der Waals surface area (Å²) in [6, 6.07) is 33.1. The Bertz CT molecular complexity index is 1480. The number of benzene rings is 2. The smallest absolute Gasteiger partial charge is 0.0892 e. The lowest BCUT2D eigenvalue weighted by molar-refractivity contribution is 1.25. The summed E-state index contributed by atoms with van der Waals surface area (Å²) in [5.41, 5.74) is 7.99. The SMILES string of the molecule is c1ccc(-c2cc(-c3ccc4ccc(-c5ccnc(-c6ccccn6)c5)cc4c3)ccn2)nc1. The number of hydrogen-bond acceptors (Lipinski definition) is 4. The highest BCUT2D eigenvalue weighted by Crippen LogP contribution is 2.30. The van der Waals surface area contributed by atoms with Crippen LogP contribution in [0.1, 0.15) is 0 Å². The Kier molecular flexibility index (Phi) is 5.09. The lowest BCUT2D eigenvalue weighted by Crippen LogP contribution is -1.89. The molecule has 4 nitrogen and oxygen atoms in total. The van der Waals surface area contributed by atoms with Crippen molar-refractivity contribution < 1.29 is 0 Å². The Hall–Kier alpha value is -4.70. The van der Waals surface area contributed by atoms with Crippen LogP contribution in [0.5, 0.6) is 0 Å². The maximum absolute atomic E-state index is 4.51. The lowest BCUT2D eigenvalue weighted by atomic mass is 9.97. The summed E-state index contributed by atoms with van der Waals surface area (Å²) in [6.45, 7) is 0. The van der Waals surface area contributed by atoms with E-state index in [2.05, 4.69) is 68.5 Å². The molecule has 0 spiro atoms. The van der Waals surface area contributed by atoms with Gasteiger partial charge in [-0.3, -0.25) is 19.9 Å². The molecule has 160 valence electrons. The minimum absolute atomic E-state index is 0.866. The van der Waals surface area contributed by atoms with Crippen LogP contribution >= 0.6 is 0 Å². The predicted molar refractivity (Wildman–Crippen MR) is 137 cm³/mol. The van der Waals surface area contributed by atoms with E-state index in [9.17, 15) is 0 Å². The average molecular weight is 437 g/mol. The molecule has 4 heterocycles. The highest BCUT2D eigenvalue weighted by molar-refractivity contribution is 5.91. The van der Waals surface area contributed by atoms with Gasteiger partial charge in [0, 0.05) is 24.8 Å². The van der Waals surface area contributed by atoms with E-state index in [0.717, 1.165) is 45.0 Å². The lowest BCUT2D eigenvalue weighted by Gasteiger charge is -2.09. The zero-order chi connectivity index (χ0) is 22.7. The van der Waals surface area contributed by atoms with Crippen molar-refractivity contribution in [3.8, 4) is 45.0 Å². The van der Waals surface area contributed by atoms with E-state index >= 15 is 0 Å². The van der Waals surface area contributed by atoms with Gasteiger partial charge in [0.25, 0.3) is 0 Å². The molecule has 2 aromatic carbocycles. The monoisotopic (exact) mass is 436 g/mol. The van der Waals surface area contributed by atoms with Crippen molar-refractivity contribution in [2.24, 2.45) is 0 Å². The van der Waals surface area contributed by atoms with Crippen molar-refractivity contribution in [3.63, 3.8) is 0 Å². The normalized spacial score (nSPS) is 10.9. The van der Waals surface area contributed by atoms with E-state index in [-0.39, 0.29) is 0 Å². The van der Waals surface area contributed by atoms with Gasteiger partial charge in [-0.2, -0.15) is 0 Å². The average Bonchev–Trinajstić information content (AvgIpc) is 2.93. The summed E-state index contributed by atoms with van der Waals surface area (Å²) < 4.78 is 0. The molecule has 0 aliphatic heterocycles. The van der Waals surface area contributed by atoms with Gasteiger partial charge in [0.2, 0.25) is 0 Å². The number of fused-ring (bicyclic) bond motifs is 1. The van der Waals surface area contributed by atoms with Gasteiger partial charge in [-0.15, -0.1) is 0 Å². The molecular weight excluding hydrogens is 416 g/mol. The van der Waals surface area contributed by atoms with Crippen molar-refractivity contribution >= 4 is 10.8 Å². The van der Waals surface area contributed by atoms with Crippen molar-refractivity contribution in [2.75, 3.05) is 0 Å². The third-order valence-electron chi connectivity index (χ3n) is 5.88. The topological polar surface area (TPSA) is 51.6 Å². The first-order valence-electron chi connectivity index (χ1n) is 11.1. The first-order chi connectivity index (χ1) is 16.8. The summed E-state index contributed by atoms with van der Waals surface area (Å²) in [4.78, 5) is 17.9. The van der Waals surface area contributed by atoms with Gasteiger partial charge < -0.3 is 0 Å². The minimum atomic E-state index is 0.866. The molecule has 4 aromatic heterocycles. The third kappa shape index (κ3) is 3.93. The molecule has 0 bridgehead atoms. The number of hydrogen-bond donors (Lipinski definition) is 0. The van der Waals surface area contributed by atoms with Gasteiger partial charge in [-0.05, 0) is 93.7 Å². The summed E-state index contributed by atoms with van der Waals surface area (Å²) in [5.74, 6) is 0. The quantitative estimate of drug-likeness (QED) is 0.296. The third-order valence-corrected chi connectivity index (χ3v) is 5.88. The predicted octanol–water partition coefficient (Wildman–Crippen LogP) is 7.09. The number of rotatable bonds is 4. The zero-order valence-electron chi connectivity index (χ0n) is 18.3. The standard InChI is InChI=1S/C30H20N4/c1-3-13-31-27(5-1)29-19-24(11-15-33-29)22-9-7-21-8-10-23(18-26(21)17-22)25-12-16-34-30(20-25)28-6-2-4-14-32-28/h1-20H. The molecule has 0 unspecified atom stereocenters. The molecule has 6 aromatic rings. The van der Waals surface area contributed by atoms with Crippen molar-refractivity contribution in [2.45, 2.75) is 0 Å². The first-order valence-corrected chi connectivity index (χ1v) is 11.1. The number of aromatic nitrogens is 4. The van der Waals surface area contributed by atoms with Crippen molar-refractivity contribution in [1.29, 1.82) is 0 Å². The summed E-state index contributed by atoms with van der Waals surface area (Å²) in [6.07, 6.45) is 7.27. The van der Waals surface area contributed by atoms with Crippen molar-refractivity contribution in [1.82, 2.24) is 19.9 Å². The molecule has 0 saturated carbocycles. The largest absolute Gasteiger partial charge is 0.255 e. The molecule has 0 amide bonds. The molecule has 34 heavy (non-hydrogen) atoms. The molecule has 4 heteroatoms. The van der Waals surface area contributed by atoms with Gasteiger partial charge in [0.05, 0.1) is 22.8 Å². The van der Waals surface area contributed by atoms with Gasteiger partial charge >= 0.3 is 0 Å². The van der Waals surface area contributed by atoms with Gasteiger partial charge in [-0.25, -0.2) is 0 Å². The Labute approximate surface area is 197 Å². The molecule has 0 atom stereocenters. The van der Waals surface area contributed by atoms with E-state index < -0.39 is 0 Å². The number of pyridine rings is 4. The molecule has 0 aliphatic carbocycles. The Morgan fingerprint density at radius 2 is 0.794 bits per heavy atom. The van der Waals surface area contributed by atoms with Crippen LogP contribution in [0.15, 0.2) is 122 Å². The molecule has 0 aliphatic rings. The summed E-state index contributed by atoms with van der Waals surface area (Å²) in [5, 5.41) is 2.38. The highest BCUT2D eigenvalue weighted by atomic mass is 14.8. The fourth-order valence-electron chi connectivity index (χ4n) is 4.13. The van der Waals surface area contributed by atoms with Gasteiger partial charge in [0.15, 0.2) is 0 Å². The maximum Gasteiger partial charge on any atom is 0.0892 e. The second kappa shape index (κ2) is 8.68. The van der Waals surface area contributed by atoms with Crippen LogP contribution in [0.25, 0.3) is 55.8 Å². The second-order valence-electron chi connectivity index (χ2n) is 8.07. The van der Waals surface area contributed by atoms with E-state index in [1.165, 1.54) is 10.8 Å². The molecule has 6 rings (SSSR count). The minimum Gasteiger partial charge on any atom is -0.255 e. The van der Waals surface area contributed by atoms with Crippen LogP contribution in [0.2, 0.25) is 0 Å². The van der Waals surface area contributed by atoms with Crippen LogP contribution in [0.3, 0.4) is 0 Å². The van der Waals surface area contributed by atoms with E-state index in [4.69, 9.17) is 0 Å². The number of nitrogens with zero attached hydrogens (tertiary/aromatic N) is 4. The fourth-order valence-corrected chi connectivity index (χ4v) is 4.13. The second-order valence-corrected chi connectivity index (χ2v) is 8.07. The van der Waals surface area contributed by atoms with Crippen molar-refractivity contribution in [3.05, 3.63) is 122 Å². The maximum atomic E-state index is 4.51. The fraction of sp³-hybridized carbons (Fsp3) is 0. The van der Waals surface area contributed by atoms with Crippen LogP contribution < -0.4 is 0 Å². The molecule has 0 fully saturated rings. The summed E-state index contributed by atoms with van der Waals surface area (Å²) >= 11 is 0. The molecule has 0 saturated heterocycles. The zero-order valence-corrected chi connectivity index (χ0v) is 18.3. The van der Waals surface area contributed by atoms with Gasteiger partial charge in [-0.1, -0.05) is 36.4 Å². The Morgan fingerprint density at radius 1 is 0.324 bits per heavy atom. The molecule has 0 N–H and O–H groups in total. The van der Waals surface area contributed by atoms with E-state index in [1.54, 1.807) is 12.4 Å². The Morgan fingerprint density at radius 3 is 1.26 bits per heavy atom. The van der Waals surface area contributed by atoms with Crippen LogP contribution in [0.4, 0.5) is 0 Å². The first kappa shape index (κ1) is 19.9. The summed E-state index contributed by atoms with van der Waals surface area (Å²) in [7, 11) is 0. The Balaban J connectivity index is 1.39. The highest BCUT2D eigenvalue weighted by Gasteiger charge is 2.07. The molecular formula is C30H20N4. The van der Waals surface area contributed by atoms with E-state index in [0.29, 0.717) is 0 Å².